The molecule has 8 nitrogen and oxygen atoms in total. The molecule has 154 valence electrons. The Morgan fingerprint density at radius 2 is 1.76 bits per heavy atom. The number of aromatic nitrogens is 2. The van der Waals surface area contributed by atoms with Gasteiger partial charge in [-0.25, -0.2) is 0 Å². The van der Waals surface area contributed by atoms with E-state index in [0.717, 1.165) is 57.7 Å². The molecular weight excluding hydrogens is 370 g/mol. The van der Waals surface area contributed by atoms with Crippen LogP contribution >= 0.6 is 0 Å². The molecule has 0 spiro atoms. The number of aryl methyl sites for hydroxylation is 1. The Balaban J connectivity index is 1.37. The van der Waals surface area contributed by atoms with Gasteiger partial charge in [-0.1, -0.05) is 12.8 Å². The topological polar surface area (TPSA) is 88.5 Å². The Bertz CT molecular complexity index is 865. The van der Waals surface area contributed by atoms with Gasteiger partial charge >= 0.3 is 0 Å². The van der Waals surface area contributed by atoms with Gasteiger partial charge in [-0.3, -0.25) is 14.3 Å². The summed E-state index contributed by atoms with van der Waals surface area (Å²) in [5.41, 5.74) is 2.08. The van der Waals surface area contributed by atoms with E-state index in [-0.39, 0.29) is 23.4 Å². The van der Waals surface area contributed by atoms with Crippen LogP contribution in [0.25, 0.3) is 0 Å². The molecule has 8 heteroatoms. The van der Waals surface area contributed by atoms with Gasteiger partial charge in [0.1, 0.15) is 5.82 Å². The number of ether oxygens (including phenoxy) is 1. The number of rotatable bonds is 5. The van der Waals surface area contributed by atoms with Gasteiger partial charge in [-0.2, -0.15) is 5.10 Å². The quantitative estimate of drug-likeness (QED) is 0.810. The fourth-order valence-corrected chi connectivity index (χ4v) is 3.88. The van der Waals surface area contributed by atoms with Crippen LogP contribution in [0, 0.1) is 5.92 Å². The number of benzene rings is 1. The van der Waals surface area contributed by atoms with Crippen molar-refractivity contribution in [3.8, 4) is 0 Å². The van der Waals surface area contributed by atoms with Crippen molar-refractivity contribution in [1.82, 2.24) is 9.78 Å². The number of anilines is 3. The molecule has 4 rings (SSSR count). The normalized spacial score (nSPS) is 17.3. The Morgan fingerprint density at radius 1 is 1.07 bits per heavy atom. The van der Waals surface area contributed by atoms with E-state index in [1.807, 2.05) is 24.3 Å². The molecule has 1 aliphatic carbocycles. The highest BCUT2D eigenvalue weighted by atomic mass is 16.5. The van der Waals surface area contributed by atoms with Gasteiger partial charge in [-0.05, 0) is 37.1 Å². The highest BCUT2D eigenvalue weighted by Gasteiger charge is 2.24. The first-order valence-corrected chi connectivity index (χ1v) is 10.2. The lowest BCUT2D eigenvalue weighted by molar-refractivity contribution is -0.119. The van der Waals surface area contributed by atoms with E-state index in [4.69, 9.17) is 4.74 Å². The van der Waals surface area contributed by atoms with Crippen LogP contribution in [0.2, 0.25) is 0 Å². The van der Waals surface area contributed by atoms with E-state index in [9.17, 15) is 9.59 Å². The molecule has 0 radical (unpaired) electrons. The van der Waals surface area contributed by atoms with Crippen molar-refractivity contribution < 1.29 is 14.3 Å². The largest absolute Gasteiger partial charge is 0.378 e. The molecule has 0 unspecified atom stereocenters. The molecule has 2 aliphatic rings. The Kier molecular flexibility index (Phi) is 5.80. The summed E-state index contributed by atoms with van der Waals surface area (Å²) in [4.78, 5) is 27.2. The average molecular weight is 397 g/mol. The van der Waals surface area contributed by atoms with Crippen molar-refractivity contribution >= 4 is 29.0 Å². The molecule has 1 saturated carbocycles. The fraction of sp³-hybridized carbons (Fsp3) is 0.476. The maximum absolute atomic E-state index is 12.6. The minimum atomic E-state index is -0.305. The zero-order chi connectivity index (χ0) is 20.2. The predicted molar refractivity (Wildman–Crippen MR) is 111 cm³/mol. The third kappa shape index (κ3) is 4.59. The van der Waals surface area contributed by atoms with Gasteiger partial charge in [0.2, 0.25) is 5.91 Å². The first-order valence-electron chi connectivity index (χ1n) is 10.2. The average Bonchev–Trinajstić information content (AvgIpc) is 3.40. The zero-order valence-corrected chi connectivity index (χ0v) is 16.7. The highest BCUT2D eigenvalue weighted by Crippen LogP contribution is 2.26. The minimum Gasteiger partial charge on any atom is -0.378 e. The molecule has 2 amide bonds. The van der Waals surface area contributed by atoms with Gasteiger partial charge in [0, 0.05) is 43.5 Å². The van der Waals surface area contributed by atoms with E-state index in [1.165, 1.54) is 4.68 Å². The molecule has 1 aromatic heterocycles. The zero-order valence-electron chi connectivity index (χ0n) is 16.7. The number of morpholine rings is 1. The maximum atomic E-state index is 12.6. The molecule has 2 N–H and O–H groups in total. The second-order valence-corrected chi connectivity index (χ2v) is 7.61. The molecule has 0 atom stereocenters. The summed E-state index contributed by atoms with van der Waals surface area (Å²) in [7, 11) is 1.72. The van der Waals surface area contributed by atoms with Crippen LogP contribution in [0.15, 0.2) is 30.3 Å². The van der Waals surface area contributed by atoms with Crippen LogP contribution < -0.4 is 15.5 Å². The van der Waals surface area contributed by atoms with Crippen molar-refractivity contribution in [3.63, 3.8) is 0 Å². The molecule has 2 aromatic rings. The summed E-state index contributed by atoms with van der Waals surface area (Å²) in [6.07, 6.45) is 4.05. The first-order chi connectivity index (χ1) is 14.1. The van der Waals surface area contributed by atoms with Crippen molar-refractivity contribution in [3.05, 3.63) is 36.0 Å². The summed E-state index contributed by atoms with van der Waals surface area (Å²) in [5, 5.41) is 10.0. The summed E-state index contributed by atoms with van der Waals surface area (Å²) < 4.78 is 6.91. The van der Waals surface area contributed by atoms with Gasteiger partial charge in [0.15, 0.2) is 5.69 Å². The molecule has 1 aromatic carbocycles. The fourth-order valence-electron chi connectivity index (χ4n) is 3.88. The molecule has 29 heavy (non-hydrogen) atoms. The monoisotopic (exact) mass is 397 g/mol. The van der Waals surface area contributed by atoms with Crippen molar-refractivity contribution in [2.75, 3.05) is 41.8 Å². The lowest BCUT2D eigenvalue weighted by atomic mass is 10.1. The lowest BCUT2D eigenvalue weighted by Crippen LogP contribution is -2.36. The second-order valence-electron chi connectivity index (χ2n) is 7.61. The number of carbonyl (C=O) groups excluding carboxylic acids is 2. The van der Waals surface area contributed by atoms with E-state index in [0.29, 0.717) is 11.5 Å². The summed E-state index contributed by atoms with van der Waals surface area (Å²) in [5.74, 6) is 0.305. The predicted octanol–water partition coefficient (Wildman–Crippen LogP) is 2.64. The van der Waals surface area contributed by atoms with Crippen LogP contribution in [0.5, 0.6) is 0 Å². The Morgan fingerprint density at radius 3 is 2.45 bits per heavy atom. The summed E-state index contributed by atoms with van der Waals surface area (Å²) >= 11 is 0. The van der Waals surface area contributed by atoms with Crippen LogP contribution in [0.4, 0.5) is 17.2 Å². The van der Waals surface area contributed by atoms with Crippen LogP contribution in [-0.4, -0.2) is 47.9 Å². The van der Waals surface area contributed by atoms with Gasteiger partial charge in [0.05, 0.1) is 13.2 Å². The van der Waals surface area contributed by atoms with Gasteiger partial charge in [-0.15, -0.1) is 0 Å². The number of nitrogens with zero attached hydrogens (tertiary/aromatic N) is 3. The smallest absolute Gasteiger partial charge is 0.276 e. The van der Waals surface area contributed by atoms with E-state index in [2.05, 4.69) is 20.6 Å². The van der Waals surface area contributed by atoms with Crippen LogP contribution in [-0.2, 0) is 16.6 Å². The molecule has 2 heterocycles. The van der Waals surface area contributed by atoms with Crippen LogP contribution in [0.3, 0.4) is 0 Å². The van der Waals surface area contributed by atoms with Gasteiger partial charge in [0.25, 0.3) is 5.91 Å². The molecule has 1 aliphatic heterocycles. The summed E-state index contributed by atoms with van der Waals surface area (Å²) in [6, 6.07) is 9.37. The van der Waals surface area contributed by atoms with E-state index >= 15 is 0 Å². The molecule has 0 bridgehead atoms. The number of carbonyl (C=O) groups is 2. The number of hydrogen-bond donors (Lipinski definition) is 2. The third-order valence-electron chi connectivity index (χ3n) is 5.59. The van der Waals surface area contributed by atoms with Crippen LogP contribution in [0.1, 0.15) is 36.2 Å². The lowest BCUT2D eigenvalue weighted by Gasteiger charge is -2.28. The second kappa shape index (κ2) is 8.65. The molecule has 1 saturated heterocycles. The molecular formula is C21H27N5O3. The number of amides is 2. The summed E-state index contributed by atoms with van der Waals surface area (Å²) in [6.45, 7) is 3.21. The SMILES string of the molecule is Cn1nc(C(=O)Nc2ccc(N3CCOCC3)cc2)cc1NC(=O)C1CCCC1. The highest BCUT2D eigenvalue weighted by molar-refractivity contribution is 6.04. The minimum absolute atomic E-state index is 0.0103. The van der Waals surface area contributed by atoms with E-state index < -0.39 is 0 Å². The Hall–Kier alpha value is -2.87. The number of hydrogen-bond acceptors (Lipinski definition) is 5. The standard InChI is InChI=1S/C21H27N5O3/c1-25-19(23-20(27)15-4-2-3-5-15)14-18(24-25)21(28)22-16-6-8-17(9-7-16)26-10-12-29-13-11-26/h6-9,14-15H,2-5,10-13H2,1H3,(H,22,28)(H,23,27). The molecule has 2 fully saturated rings. The van der Waals surface area contributed by atoms with Crippen molar-refractivity contribution in [2.45, 2.75) is 25.7 Å². The van der Waals surface area contributed by atoms with Crippen molar-refractivity contribution in [2.24, 2.45) is 13.0 Å². The Labute approximate surface area is 170 Å². The third-order valence-corrected chi connectivity index (χ3v) is 5.59. The van der Waals surface area contributed by atoms with Crippen molar-refractivity contribution in [1.29, 1.82) is 0 Å². The first kappa shape index (κ1) is 19.4. The van der Waals surface area contributed by atoms with Gasteiger partial charge < -0.3 is 20.3 Å². The maximum Gasteiger partial charge on any atom is 0.276 e. The number of nitrogens with one attached hydrogen (secondary N) is 2. The van der Waals surface area contributed by atoms with E-state index in [1.54, 1.807) is 13.1 Å².